The van der Waals surface area contributed by atoms with Crippen LogP contribution in [-0.4, -0.2) is 28.9 Å². The van der Waals surface area contributed by atoms with Gasteiger partial charge < -0.3 is 19.7 Å². The van der Waals surface area contributed by atoms with E-state index in [9.17, 15) is 22.8 Å². The fraction of sp³-hybridized carbons (Fsp3) is 0.176. The summed E-state index contributed by atoms with van der Waals surface area (Å²) in [5.41, 5.74) is 0.191. The summed E-state index contributed by atoms with van der Waals surface area (Å²) in [6, 6.07) is 11.6. The average Bonchev–Trinajstić information content (AvgIpc) is 2.61. The Bertz CT molecular complexity index is 772. The highest BCUT2D eigenvalue weighted by atomic mass is 35.5. The average molecular weight is 407 g/mol. The molecule has 2 aromatic carbocycles. The molecule has 2 rings (SSSR count). The van der Waals surface area contributed by atoms with Crippen LogP contribution in [0.1, 0.15) is 17.3 Å². The van der Waals surface area contributed by atoms with E-state index in [0.717, 1.165) is 12.1 Å². The van der Waals surface area contributed by atoms with E-state index in [0.29, 0.717) is 11.3 Å². The maximum Gasteiger partial charge on any atom is 0.511 e. The van der Waals surface area contributed by atoms with E-state index in [4.69, 9.17) is 21.8 Å². The molecule has 1 atom stereocenters. The summed E-state index contributed by atoms with van der Waals surface area (Å²) >= 11 is 5.54. The molecule has 0 aliphatic rings. The van der Waals surface area contributed by atoms with Crippen LogP contribution in [0.2, 0.25) is 0 Å². The molecule has 1 unspecified atom stereocenters. The number of hydrogen-bond acceptors (Lipinski definition) is 4. The van der Waals surface area contributed by atoms with Crippen molar-refractivity contribution in [1.82, 2.24) is 0 Å². The molecule has 0 aliphatic heterocycles. The van der Waals surface area contributed by atoms with Gasteiger partial charge in [-0.25, -0.2) is 22.8 Å². The molecule has 0 aromatic heterocycles. The Morgan fingerprint density at radius 2 is 1.37 bits per heavy atom. The molecule has 0 bridgehead atoms. The van der Waals surface area contributed by atoms with Gasteiger partial charge in [-0.05, 0) is 12.1 Å². The maximum absolute atomic E-state index is 12.9. The zero-order valence-corrected chi connectivity index (χ0v) is 14.3. The number of halogens is 4. The highest BCUT2D eigenvalue weighted by Gasteiger charge is 2.25. The second-order valence-corrected chi connectivity index (χ2v) is 5.02. The number of para-hydroxylation sites is 2. The first kappa shape index (κ1) is 22.1. The highest BCUT2D eigenvalue weighted by molar-refractivity contribution is 6.17. The monoisotopic (exact) mass is 406 g/mol. The van der Waals surface area contributed by atoms with E-state index in [1.807, 2.05) is 0 Å². The van der Waals surface area contributed by atoms with Gasteiger partial charge in [-0.15, -0.1) is 11.6 Å². The quantitative estimate of drug-likeness (QED) is 0.387. The second kappa shape index (κ2) is 10.9. The fourth-order valence-electron chi connectivity index (χ4n) is 1.84. The van der Waals surface area contributed by atoms with Crippen LogP contribution in [0.25, 0.3) is 0 Å². The number of rotatable bonds is 5. The van der Waals surface area contributed by atoms with Gasteiger partial charge in [0, 0.05) is 11.1 Å². The molecule has 27 heavy (non-hydrogen) atoms. The van der Waals surface area contributed by atoms with Crippen molar-refractivity contribution in [3.8, 4) is 11.5 Å². The third-order valence-corrected chi connectivity index (χ3v) is 3.24. The summed E-state index contributed by atoms with van der Waals surface area (Å²) in [4.78, 5) is 20.4. The lowest BCUT2D eigenvalue weighted by Crippen LogP contribution is -2.09. The van der Waals surface area contributed by atoms with Gasteiger partial charge in [0.2, 0.25) is 0 Å². The zero-order valence-electron chi connectivity index (χ0n) is 13.5. The minimum absolute atomic E-state index is 0.240. The molecule has 10 heteroatoms. The van der Waals surface area contributed by atoms with Crippen LogP contribution in [0, 0.1) is 0 Å². The van der Waals surface area contributed by atoms with Gasteiger partial charge in [0.25, 0.3) is 6.43 Å². The zero-order chi connectivity index (χ0) is 20.4. The molecule has 2 aromatic rings. The molecule has 6 nitrogen and oxygen atoms in total. The fourth-order valence-corrected chi connectivity index (χ4v) is 2.06. The van der Waals surface area contributed by atoms with E-state index in [1.54, 1.807) is 24.3 Å². The molecule has 0 saturated carbocycles. The molecule has 0 aliphatic carbocycles. The number of hydrogen-bond donors (Lipinski definition) is 2. The van der Waals surface area contributed by atoms with Crippen molar-refractivity contribution in [1.29, 1.82) is 0 Å². The lowest BCUT2D eigenvalue weighted by Gasteiger charge is -2.11. The predicted octanol–water partition coefficient (Wildman–Crippen LogP) is 5.50. The first-order valence-electron chi connectivity index (χ1n) is 7.22. The number of carboxylic acid groups (broad SMARTS) is 2. The number of ether oxygens (including phenoxy) is 2. The Hall–Kier alpha value is -2.94. The lowest BCUT2D eigenvalue weighted by molar-refractivity contribution is 0.0477. The van der Waals surface area contributed by atoms with Gasteiger partial charge in [-0.2, -0.15) is 0 Å². The highest BCUT2D eigenvalue weighted by Crippen LogP contribution is 2.32. The van der Waals surface area contributed by atoms with Crippen LogP contribution in [0.5, 0.6) is 11.5 Å². The van der Waals surface area contributed by atoms with Gasteiger partial charge in [-0.3, -0.25) is 0 Å². The van der Waals surface area contributed by atoms with Gasteiger partial charge in [0.15, 0.2) is 6.17 Å². The van der Waals surface area contributed by atoms with Crippen molar-refractivity contribution < 1.29 is 42.4 Å². The van der Waals surface area contributed by atoms with Crippen molar-refractivity contribution in [2.45, 2.75) is 18.5 Å². The SMILES string of the molecule is O=C(O)Oc1ccccc1C(F)C(F)F.O=C(O)Oc1ccccc1CCl. The van der Waals surface area contributed by atoms with Gasteiger partial charge in [0.1, 0.15) is 11.5 Å². The Kier molecular flexibility index (Phi) is 8.94. The topological polar surface area (TPSA) is 93.1 Å². The van der Waals surface area contributed by atoms with E-state index in [-0.39, 0.29) is 5.88 Å². The van der Waals surface area contributed by atoms with Crippen molar-refractivity contribution in [2.75, 3.05) is 0 Å². The predicted molar refractivity (Wildman–Crippen MR) is 89.6 cm³/mol. The van der Waals surface area contributed by atoms with Crippen molar-refractivity contribution in [2.24, 2.45) is 0 Å². The van der Waals surface area contributed by atoms with E-state index < -0.39 is 36.2 Å². The van der Waals surface area contributed by atoms with Gasteiger partial charge in [0.05, 0.1) is 5.88 Å². The van der Waals surface area contributed by atoms with Crippen LogP contribution < -0.4 is 9.47 Å². The smallest absolute Gasteiger partial charge is 0.449 e. The minimum Gasteiger partial charge on any atom is -0.449 e. The standard InChI is InChI=1S/C9H7F3O3.C8H7ClO3/c10-7(8(11)12)5-3-1-2-4-6(5)15-9(13)14;9-5-6-3-1-2-4-7(6)12-8(10)11/h1-4,7-8H,(H,13,14);1-4H,5H2,(H,10,11). The van der Waals surface area contributed by atoms with Crippen molar-refractivity contribution in [3.63, 3.8) is 0 Å². The van der Waals surface area contributed by atoms with Crippen LogP contribution in [0.4, 0.5) is 22.8 Å². The Morgan fingerprint density at radius 1 is 0.889 bits per heavy atom. The van der Waals surface area contributed by atoms with E-state index >= 15 is 0 Å². The summed E-state index contributed by atoms with van der Waals surface area (Å²) < 4.78 is 45.7. The van der Waals surface area contributed by atoms with Crippen LogP contribution in [0.15, 0.2) is 48.5 Å². The molecule has 0 saturated heterocycles. The third kappa shape index (κ3) is 7.45. The molecule has 0 spiro atoms. The third-order valence-electron chi connectivity index (χ3n) is 2.95. The Balaban J connectivity index is 0.000000277. The summed E-state index contributed by atoms with van der Waals surface area (Å²) in [5, 5.41) is 16.6. The first-order valence-corrected chi connectivity index (χ1v) is 7.76. The molecular formula is C17H14ClF3O6. The van der Waals surface area contributed by atoms with Crippen LogP contribution >= 0.6 is 11.6 Å². The molecule has 146 valence electrons. The summed E-state index contributed by atoms with van der Waals surface area (Å²) in [6.45, 7) is 0. The molecular weight excluding hydrogens is 393 g/mol. The molecule has 2 N–H and O–H groups in total. The molecule has 0 fully saturated rings. The molecule has 0 amide bonds. The number of carbonyl (C=O) groups is 2. The van der Waals surface area contributed by atoms with Gasteiger partial charge >= 0.3 is 12.3 Å². The van der Waals surface area contributed by atoms with Crippen molar-refractivity contribution >= 4 is 23.9 Å². The lowest BCUT2D eigenvalue weighted by atomic mass is 10.1. The van der Waals surface area contributed by atoms with E-state index in [2.05, 4.69) is 9.47 Å². The number of alkyl halides is 4. The molecule has 0 heterocycles. The first-order chi connectivity index (χ1) is 12.8. The summed E-state index contributed by atoms with van der Waals surface area (Å²) in [7, 11) is 0. The summed E-state index contributed by atoms with van der Waals surface area (Å²) in [5.74, 6) is 0.113. The molecule has 0 radical (unpaired) electrons. The Labute approximate surface area is 156 Å². The normalized spacial score (nSPS) is 11.1. The maximum atomic E-state index is 12.9. The van der Waals surface area contributed by atoms with Crippen LogP contribution in [0.3, 0.4) is 0 Å². The van der Waals surface area contributed by atoms with Crippen molar-refractivity contribution in [3.05, 3.63) is 59.7 Å². The van der Waals surface area contributed by atoms with Crippen LogP contribution in [-0.2, 0) is 5.88 Å². The van der Waals surface area contributed by atoms with Gasteiger partial charge in [-0.1, -0.05) is 36.4 Å². The Morgan fingerprint density at radius 3 is 1.89 bits per heavy atom. The largest absolute Gasteiger partial charge is 0.511 e. The minimum atomic E-state index is -3.22. The summed E-state index contributed by atoms with van der Waals surface area (Å²) in [6.07, 6.45) is -8.78. The van der Waals surface area contributed by atoms with E-state index in [1.165, 1.54) is 12.1 Å². The second-order valence-electron chi connectivity index (χ2n) is 4.75. The number of benzene rings is 2.